The summed E-state index contributed by atoms with van der Waals surface area (Å²) in [5.41, 5.74) is 1.28. The maximum absolute atomic E-state index is 12.5. The van der Waals surface area contributed by atoms with Crippen LogP contribution >= 0.6 is 0 Å². The van der Waals surface area contributed by atoms with Crippen molar-refractivity contribution in [3.8, 4) is 5.75 Å². The third-order valence-corrected chi connectivity index (χ3v) is 8.62. The number of aryl methyl sites for hydroxylation is 1. The predicted molar refractivity (Wildman–Crippen MR) is 134 cm³/mol. The normalized spacial score (nSPS) is 26.0. The minimum Gasteiger partial charge on any atom is -0.406 e. The first-order valence-corrected chi connectivity index (χ1v) is 13.7. The Hall–Kier alpha value is -1.71. The molecule has 2 aliphatic rings. The molecule has 0 aromatic heterocycles. The van der Waals surface area contributed by atoms with Crippen molar-refractivity contribution in [2.24, 2.45) is 23.7 Å². The van der Waals surface area contributed by atoms with Crippen molar-refractivity contribution in [1.29, 1.82) is 0 Å². The van der Waals surface area contributed by atoms with Gasteiger partial charge in [0.1, 0.15) is 5.75 Å². The highest BCUT2D eigenvalue weighted by Gasteiger charge is 2.32. The van der Waals surface area contributed by atoms with E-state index in [1.165, 1.54) is 101 Å². The van der Waals surface area contributed by atoms with Gasteiger partial charge < -0.3 is 4.74 Å². The standard InChI is InChI=1S/C30H41F3O/c1-2-3-4-5-22-8-13-25(14-9-22)26-15-10-23(11-16-26)6-7-24-12-17-28-21-29(34-30(31,32)33)19-18-27(28)20-24/h12,17-23,25-26H,2-11,13-16H2,1H3. The molecule has 0 amide bonds. The first-order chi connectivity index (χ1) is 16.4. The van der Waals surface area contributed by atoms with Crippen LogP contribution in [0.1, 0.15) is 96.0 Å². The minimum absolute atomic E-state index is 0.158. The second-order valence-electron chi connectivity index (χ2n) is 11.0. The zero-order chi connectivity index (χ0) is 24.0. The van der Waals surface area contributed by atoms with Crippen molar-refractivity contribution in [3.05, 3.63) is 42.0 Å². The molecular formula is C30H41F3O. The highest BCUT2D eigenvalue weighted by Crippen LogP contribution is 2.43. The summed E-state index contributed by atoms with van der Waals surface area (Å²) in [7, 11) is 0. The van der Waals surface area contributed by atoms with E-state index in [1.54, 1.807) is 6.07 Å². The van der Waals surface area contributed by atoms with Crippen LogP contribution in [0.2, 0.25) is 0 Å². The fourth-order valence-corrected chi connectivity index (χ4v) is 6.58. The van der Waals surface area contributed by atoms with Crippen molar-refractivity contribution < 1.29 is 17.9 Å². The molecule has 4 rings (SSSR count). The number of unbranched alkanes of at least 4 members (excludes halogenated alkanes) is 2. The zero-order valence-corrected chi connectivity index (χ0v) is 20.7. The van der Waals surface area contributed by atoms with E-state index in [0.717, 1.165) is 40.9 Å². The van der Waals surface area contributed by atoms with E-state index in [2.05, 4.69) is 23.8 Å². The van der Waals surface area contributed by atoms with E-state index < -0.39 is 6.36 Å². The van der Waals surface area contributed by atoms with Gasteiger partial charge in [0.15, 0.2) is 0 Å². The van der Waals surface area contributed by atoms with Gasteiger partial charge in [-0.2, -0.15) is 0 Å². The van der Waals surface area contributed by atoms with E-state index in [4.69, 9.17) is 0 Å². The van der Waals surface area contributed by atoms with Crippen LogP contribution in [0.5, 0.6) is 5.75 Å². The molecule has 2 aromatic carbocycles. The Bertz CT molecular complexity index is 890. The Balaban J connectivity index is 1.19. The minimum atomic E-state index is -4.65. The lowest BCUT2D eigenvalue weighted by molar-refractivity contribution is -0.274. The average molecular weight is 475 g/mol. The van der Waals surface area contributed by atoms with E-state index in [1.807, 2.05) is 6.07 Å². The van der Waals surface area contributed by atoms with Crippen LogP contribution in [0, 0.1) is 23.7 Å². The summed E-state index contributed by atoms with van der Waals surface area (Å²) in [6, 6.07) is 10.7. The summed E-state index contributed by atoms with van der Waals surface area (Å²) in [4.78, 5) is 0. The van der Waals surface area contributed by atoms with E-state index in [9.17, 15) is 13.2 Å². The Morgan fingerprint density at radius 3 is 1.94 bits per heavy atom. The van der Waals surface area contributed by atoms with E-state index in [0.29, 0.717) is 0 Å². The molecule has 0 bridgehead atoms. The molecular weight excluding hydrogens is 433 g/mol. The Kier molecular flexibility index (Phi) is 8.82. The smallest absolute Gasteiger partial charge is 0.406 e. The monoisotopic (exact) mass is 474 g/mol. The fraction of sp³-hybridized carbons (Fsp3) is 0.667. The van der Waals surface area contributed by atoms with Gasteiger partial charge in [-0.15, -0.1) is 13.2 Å². The number of rotatable bonds is 9. The quantitative estimate of drug-likeness (QED) is 0.329. The number of hydrogen-bond acceptors (Lipinski definition) is 1. The maximum Gasteiger partial charge on any atom is 0.573 e. The number of fused-ring (bicyclic) bond motifs is 1. The highest BCUT2D eigenvalue weighted by molar-refractivity contribution is 5.84. The second-order valence-corrected chi connectivity index (χ2v) is 11.0. The Morgan fingerprint density at radius 2 is 1.32 bits per heavy atom. The number of alkyl halides is 3. The molecule has 0 heterocycles. The van der Waals surface area contributed by atoms with Gasteiger partial charge in [0, 0.05) is 0 Å². The summed E-state index contributed by atoms with van der Waals surface area (Å²) in [6.45, 7) is 2.30. The van der Waals surface area contributed by atoms with E-state index >= 15 is 0 Å². The van der Waals surface area contributed by atoms with Crippen molar-refractivity contribution >= 4 is 10.8 Å². The lowest BCUT2D eigenvalue weighted by Gasteiger charge is -2.38. The van der Waals surface area contributed by atoms with Gasteiger partial charge in [-0.3, -0.25) is 0 Å². The van der Waals surface area contributed by atoms with Crippen LogP contribution in [0.4, 0.5) is 13.2 Å². The van der Waals surface area contributed by atoms with Crippen molar-refractivity contribution in [2.45, 2.75) is 103 Å². The number of benzene rings is 2. The molecule has 0 spiro atoms. The lowest BCUT2D eigenvalue weighted by Crippen LogP contribution is -2.26. The van der Waals surface area contributed by atoms with Crippen LogP contribution < -0.4 is 4.74 Å². The predicted octanol–water partition coefficient (Wildman–Crippen LogP) is 9.86. The van der Waals surface area contributed by atoms with Crippen molar-refractivity contribution in [2.75, 3.05) is 0 Å². The maximum atomic E-state index is 12.5. The molecule has 0 unspecified atom stereocenters. The number of ether oxygens (including phenoxy) is 1. The Labute approximate surface area is 203 Å². The summed E-state index contributed by atoms with van der Waals surface area (Å²) in [5.74, 6) is 3.61. The van der Waals surface area contributed by atoms with Crippen molar-refractivity contribution in [1.82, 2.24) is 0 Å². The van der Waals surface area contributed by atoms with Crippen LogP contribution in [-0.4, -0.2) is 6.36 Å². The highest BCUT2D eigenvalue weighted by atomic mass is 19.4. The molecule has 0 N–H and O–H groups in total. The zero-order valence-electron chi connectivity index (χ0n) is 20.7. The van der Waals surface area contributed by atoms with Gasteiger partial charge in [-0.05, 0) is 90.7 Å². The molecule has 2 fully saturated rings. The topological polar surface area (TPSA) is 9.23 Å². The summed E-state index contributed by atoms with van der Waals surface area (Å²) in [6.07, 6.45) is 14.7. The van der Waals surface area contributed by atoms with Crippen LogP contribution in [0.3, 0.4) is 0 Å². The molecule has 0 aliphatic heterocycles. The average Bonchev–Trinajstić information content (AvgIpc) is 2.83. The van der Waals surface area contributed by atoms with Gasteiger partial charge in [0.25, 0.3) is 0 Å². The third kappa shape index (κ3) is 7.39. The fourth-order valence-electron chi connectivity index (χ4n) is 6.58. The molecule has 2 aromatic rings. The van der Waals surface area contributed by atoms with Crippen LogP contribution in [-0.2, 0) is 6.42 Å². The van der Waals surface area contributed by atoms with Gasteiger partial charge in [-0.1, -0.05) is 82.6 Å². The molecule has 0 radical (unpaired) electrons. The molecule has 188 valence electrons. The van der Waals surface area contributed by atoms with Crippen LogP contribution in [0.25, 0.3) is 10.8 Å². The van der Waals surface area contributed by atoms with Crippen LogP contribution in [0.15, 0.2) is 36.4 Å². The summed E-state index contributed by atoms with van der Waals surface area (Å²) >= 11 is 0. The largest absolute Gasteiger partial charge is 0.573 e. The molecule has 0 saturated heterocycles. The lowest BCUT2D eigenvalue weighted by atomic mass is 9.68. The van der Waals surface area contributed by atoms with Gasteiger partial charge in [0.2, 0.25) is 0 Å². The molecule has 1 nitrogen and oxygen atoms in total. The SMILES string of the molecule is CCCCCC1CCC(C2CCC(CCc3ccc4cc(OC(F)(F)F)ccc4c3)CC2)CC1. The first-order valence-electron chi connectivity index (χ1n) is 13.7. The van der Waals surface area contributed by atoms with Crippen molar-refractivity contribution in [3.63, 3.8) is 0 Å². The third-order valence-electron chi connectivity index (χ3n) is 8.62. The molecule has 2 saturated carbocycles. The molecule has 0 atom stereocenters. The molecule has 4 heteroatoms. The summed E-state index contributed by atoms with van der Waals surface area (Å²) < 4.78 is 41.4. The number of hydrogen-bond donors (Lipinski definition) is 0. The second kappa shape index (κ2) is 11.8. The van der Waals surface area contributed by atoms with Gasteiger partial charge in [-0.25, -0.2) is 0 Å². The Morgan fingerprint density at radius 1 is 0.735 bits per heavy atom. The summed E-state index contributed by atoms with van der Waals surface area (Å²) in [5, 5.41) is 1.76. The molecule has 2 aliphatic carbocycles. The van der Waals surface area contributed by atoms with Gasteiger partial charge in [0.05, 0.1) is 0 Å². The first kappa shape index (κ1) is 25.4. The number of halogens is 3. The van der Waals surface area contributed by atoms with Gasteiger partial charge >= 0.3 is 6.36 Å². The molecule has 34 heavy (non-hydrogen) atoms. The van der Waals surface area contributed by atoms with E-state index in [-0.39, 0.29) is 5.75 Å².